The van der Waals surface area contributed by atoms with Crippen LogP contribution in [0.3, 0.4) is 0 Å². The molecule has 0 spiro atoms. The van der Waals surface area contributed by atoms with Gasteiger partial charge in [-0.1, -0.05) is 11.3 Å². The van der Waals surface area contributed by atoms with Crippen LogP contribution in [0, 0.1) is 5.82 Å². The first kappa shape index (κ1) is 27.2. The fraction of sp³-hybridized carbons (Fsp3) is 0.423. The highest BCUT2D eigenvalue weighted by atomic mass is 32.2. The van der Waals surface area contributed by atoms with Crippen molar-refractivity contribution in [2.75, 3.05) is 36.6 Å². The summed E-state index contributed by atoms with van der Waals surface area (Å²) in [5.74, 6) is -0.110. The maximum absolute atomic E-state index is 14.9. The highest BCUT2D eigenvalue weighted by Crippen LogP contribution is 2.50. The van der Waals surface area contributed by atoms with E-state index < -0.39 is 29.4 Å². The van der Waals surface area contributed by atoms with Gasteiger partial charge in [0.15, 0.2) is 5.13 Å². The molecule has 8 nitrogen and oxygen atoms in total. The molecule has 2 aromatic carbocycles. The van der Waals surface area contributed by atoms with E-state index >= 15 is 0 Å². The molecule has 0 radical (unpaired) electrons. The zero-order valence-corrected chi connectivity index (χ0v) is 23.4. The van der Waals surface area contributed by atoms with E-state index in [2.05, 4.69) is 15.3 Å². The fourth-order valence-electron chi connectivity index (χ4n) is 5.70. The lowest BCUT2D eigenvalue weighted by molar-refractivity contribution is -0.137. The lowest BCUT2D eigenvalue weighted by atomic mass is 9.95. The zero-order chi connectivity index (χ0) is 28.5. The van der Waals surface area contributed by atoms with Gasteiger partial charge in [0.2, 0.25) is 0 Å². The van der Waals surface area contributed by atoms with Crippen molar-refractivity contribution >= 4 is 55.2 Å². The van der Waals surface area contributed by atoms with Gasteiger partial charge in [-0.2, -0.15) is 18.2 Å². The first-order valence-corrected chi connectivity index (χ1v) is 14.5. The van der Waals surface area contributed by atoms with Crippen molar-refractivity contribution in [3.05, 3.63) is 40.1 Å². The van der Waals surface area contributed by atoms with E-state index in [0.29, 0.717) is 24.4 Å². The summed E-state index contributed by atoms with van der Waals surface area (Å²) in [5.41, 5.74) is 4.71. The molecule has 6 rings (SSSR count). The van der Waals surface area contributed by atoms with Gasteiger partial charge in [-0.3, -0.25) is 4.57 Å². The highest BCUT2D eigenvalue weighted by Gasteiger charge is 2.39. The Morgan fingerprint density at radius 3 is 2.55 bits per heavy atom. The average Bonchev–Trinajstić information content (AvgIpc) is 3.17. The van der Waals surface area contributed by atoms with Crippen molar-refractivity contribution < 1.29 is 22.3 Å². The normalized spacial score (nSPS) is 21.8. The predicted octanol–water partition coefficient (Wildman–Crippen LogP) is 4.72. The lowest BCUT2D eigenvalue weighted by Gasteiger charge is -2.37. The Labute approximate surface area is 234 Å². The van der Waals surface area contributed by atoms with E-state index in [9.17, 15) is 22.4 Å². The zero-order valence-electron chi connectivity index (χ0n) is 21.8. The number of halogens is 4. The van der Waals surface area contributed by atoms with Crippen molar-refractivity contribution in [2.45, 2.75) is 49.7 Å². The van der Waals surface area contributed by atoms with Gasteiger partial charge < -0.3 is 20.7 Å². The van der Waals surface area contributed by atoms with Gasteiger partial charge in [0.25, 0.3) is 0 Å². The Hall–Kier alpha value is -2.94. The molecule has 2 aliphatic rings. The summed E-state index contributed by atoms with van der Waals surface area (Å²) in [6.45, 7) is 5.02. The van der Waals surface area contributed by atoms with Gasteiger partial charge in [-0.25, -0.2) is 14.2 Å². The molecule has 40 heavy (non-hydrogen) atoms. The Kier molecular flexibility index (Phi) is 6.71. The number of thiazole rings is 1. The second-order valence-electron chi connectivity index (χ2n) is 10.2. The third-order valence-electron chi connectivity index (χ3n) is 7.28. The number of anilines is 2. The summed E-state index contributed by atoms with van der Waals surface area (Å²) in [4.78, 5) is 24.2. The Morgan fingerprint density at radius 2 is 1.88 bits per heavy atom. The predicted molar refractivity (Wildman–Crippen MR) is 150 cm³/mol. The van der Waals surface area contributed by atoms with Crippen LogP contribution in [0.2, 0.25) is 0 Å². The number of benzene rings is 2. The van der Waals surface area contributed by atoms with Crippen LogP contribution in [0.5, 0.6) is 0 Å². The third-order valence-corrected chi connectivity index (χ3v) is 9.39. The second-order valence-corrected chi connectivity index (χ2v) is 12.3. The minimum atomic E-state index is -4.78. The Bertz CT molecular complexity index is 1700. The third kappa shape index (κ3) is 4.50. The molecule has 1 fully saturated rings. The van der Waals surface area contributed by atoms with Gasteiger partial charge in [0.05, 0.1) is 33.9 Å². The summed E-state index contributed by atoms with van der Waals surface area (Å²) in [7, 11) is 1.50. The number of thioether (sulfide) groups is 1. The molecule has 3 atom stereocenters. The van der Waals surface area contributed by atoms with Crippen molar-refractivity contribution in [1.29, 1.82) is 0 Å². The highest BCUT2D eigenvalue weighted by molar-refractivity contribution is 7.99. The van der Waals surface area contributed by atoms with Crippen LogP contribution in [-0.4, -0.2) is 58.7 Å². The SMILES string of the molecule is CO[C@@H]1CSc2c(-c3ccc(F)c4sc(N)nc34)c(C(F)(F)F)cc3c(N4C[C@@H](C)N[C@@H](C)C4)nc(=O)n(c23)C1. The number of hydrogen-bond acceptors (Lipinski definition) is 9. The number of nitrogens with zero attached hydrogens (tertiary/aromatic N) is 4. The molecule has 0 bridgehead atoms. The van der Waals surface area contributed by atoms with E-state index in [4.69, 9.17) is 10.5 Å². The summed E-state index contributed by atoms with van der Waals surface area (Å²) in [5, 5.41) is 3.67. The van der Waals surface area contributed by atoms with Gasteiger partial charge in [-0.15, -0.1) is 11.8 Å². The van der Waals surface area contributed by atoms with Crippen molar-refractivity contribution in [1.82, 2.24) is 19.9 Å². The second kappa shape index (κ2) is 9.86. The van der Waals surface area contributed by atoms with Crippen molar-refractivity contribution in [3.63, 3.8) is 0 Å². The number of rotatable bonds is 3. The van der Waals surface area contributed by atoms with Crippen molar-refractivity contribution in [2.24, 2.45) is 0 Å². The fourth-order valence-corrected chi connectivity index (χ4v) is 7.78. The first-order chi connectivity index (χ1) is 19.0. The number of methoxy groups -OCH3 is 1. The van der Waals surface area contributed by atoms with E-state index in [-0.39, 0.29) is 61.2 Å². The van der Waals surface area contributed by atoms with Crippen molar-refractivity contribution in [3.8, 4) is 11.1 Å². The number of ether oxygens (including phenoxy) is 1. The molecule has 2 aliphatic heterocycles. The molecular weight excluding hydrogens is 568 g/mol. The van der Waals surface area contributed by atoms with E-state index in [1.54, 1.807) is 0 Å². The van der Waals surface area contributed by atoms with Crippen LogP contribution >= 0.6 is 23.1 Å². The van der Waals surface area contributed by atoms with Gasteiger partial charge in [0, 0.05) is 59.4 Å². The summed E-state index contributed by atoms with van der Waals surface area (Å²) >= 11 is 2.05. The van der Waals surface area contributed by atoms with Crippen LogP contribution in [-0.2, 0) is 17.5 Å². The standard InChI is InChI=1S/C26H26F4N6O2S2/c1-11-7-35(8-12(2)32-11)23-15-6-16(26(28,29)30)18(14-4-5-17(27)21-19(14)33-24(31)40-21)22-20(15)36(25(37)34-23)9-13(38-3)10-39-22/h4-6,11-13,32H,7-10H2,1-3H3,(H2,31,33)/t11-,12+,13-/m0/s1. The molecule has 0 unspecified atom stereocenters. The maximum atomic E-state index is 14.9. The number of hydrogen-bond donors (Lipinski definition) is 2. The minimum absolute atomic E-state index is 0.0365. The summed E-state index contributed by atoms with van der Waals surface area (Å²) in [6.07, 6.45) is -5.23. The lowest BCUT2D eigenvalue weighted by Crippen LogP contribution is -2.55. The molecule has 2 aromatic heterocycles. The molecule has 212 valence electrons. The summed E-state index contributed by atoms with van der Waals surface area (Å²) in [6, 6.07) is 3.57. The molecule has 0 saturated carbocycles. The van der Waals surface area contributed by atoms with Crippen LogP contribution in [0.15, 0.2) is 27.9 Å². The van der Waals surface area contributed by atoms with Gasteiger partial charge in [-0.05, 0) is 32.0 Å². The number of piperazine rings is 1. The molecule has 1 saturated heterocycles. The van der Waals surface area contributed by atoms with E-state index in [0.717, 1.165) is 23.5 Å². The number of nitrogen functional groups attached to an aromatic ring is 1. The number of nitrogens with two attached hydrogens (primary N) is 1. The molecule has 4 aromatic rings. The molecule has 4 heterocycles. The monoisotopic (exact) mass is 594 g/mol. The molecule has 0 amide bonds. The molecule has 14 heteroatoms. The number of fused-ring (bicyclic) bond motifs is 1. The van der Waals surface area contributed by atoms with Crippen LogP contribution in [0.1, 0.15) is 19.4 Å². The molecule has 3 N–H and O–H groups in total. The van der Waals surface area contributed by atoms with Crippen LogP contribution in [0.4, 0.5) is 28.5 Å². The van der Waals surface area contributed by atoms with Gasteiger partial charge in [0.1, 0.15) is 11.6 Å². The molecule has 0 aliphatic carbocycles. The van der Waals surface area contributed by atoms with E-state index in [1.165, 1.54) is 29.5 Å². The summed E-state index contributed by atoms with van der Waals surface area (Å²) < 4.78 is 66.5. The smallest absolute Gasteiger partial charge is 0.379 e. The number of alkyl halides is 3. The molecular formula is C26H26F4N6O2S2. The Balaban J connectivity index is 1.76. The quantitative estimate of drug-likeness (QED) is 0.329. The first-order valence-electron chi connectivity index (χ1n) is 12.7. The average molecular weight is 595 g/mol. The van der Waals surface area contributed by atoms with Gasteiger partial charge >= 0.3 is 11.9 Å². The number of nitrogens with one attached hydrogen (secondary N) is 1. The Morgan fingerprint density at radius 1 is 1.15 bits per heavy atom. The van der Waals surface area contributed by atoms with Crippen LogP contribution < -0.4 is 21.6 Å². The number of aromatic nitrogens is 3. The largest absolute Gasteiger partial charge is 0.417 e. The minimum Gasteiger partial charge on any atom is -0.379 e. The van der Waals surface area contributed by atoms with E-state index in [1.807, 2.05) is 18.7 Å². The topological polar surface area (TPSA) is 98.3 Å². The van der Waals surface area contributed by atoms with Crippen LogP contribution in [0.25, 0.3) is 32.2 Å². The maximum Gasteiger partial charge on any atom is 0.417 e.